The molecule has 1 aromatic heterocycles. The molecule has 0 aliphatic carbocycles. The van der Waals surface area contributed by atoms with E-state index in [0.717, 1.165) is 32.8 Å². The van der Waals surface area contributed by atoms with E-state index >= 15 is 0 Å². The zero-order valence-corrected chi connectivity index (χ0v) is 12.1. The van der Waals surface area contributed by atoms with Crippen LogP contribution in [-0.4, -0.2) is 49.9 Å². The number of hydrogen-bond acceptors (Lipinski definition) is 5. The molecule has 1 saturated heterocycles. The van der Waals surface area contributed by atoms with Gasteiger partial charge < -0.3 is 9.15 Å². The molecule has 1 amide bonds. The second-order valence-electron chi connectivity index (χ2n) is 4.14. The molecule has 1 fully saturated rings. The van der Waals surface area contributed by atoms with E-state index in [2.05, 4.69) is 31.4 Å². The van der Waals surface area contributed by atoms with Crippen LogP contribution in [-0.2, 0) is 9.53 Å². The number of hydrogen-bond donors (Lipinski definition) is 1. The maximum atomic E-state index is 11.6. The predicted molar refractivity (Wildman–Crippen MR) is 74.0 cm³/mol. The van der Waals surface area contributed by atoms with Crippen molar-refractivity contribution in [3.8, 4) is 0 Å². The lowest BCUT2D eigenvalue weighted by atomic mass is 10.3. The molecule has 0 radical (unpaired) electrons. The first-order chi connectivity index (χ1) is 9.24. The van der Waals surface area contributed by atoms with Gasteiger partial charge in [-0.15, -0.1) is 0 Å². The molecule has 1 aliphatic rings. The minimum atomic E-state index is -0.103. The van der Waals surface area contributed by atoms with Gasteiger partial charge in [0, 0.05) is 26.1 Å². The lowest BCUT2D eigenvalue weighted by Crippen LogP contribution is -2.38. The highest BCUT2D eigenvalue weighted by molar-refractivity contribution is 9.10. The fourth-order valence-corrected chi connectivity index (χ4v) is 2.02. The number of halogens is 1. The summed E-state index contributed by atoms with van der Waals surface area (Å²) in [5.74, 6) is 0.480. The smallest absolute Gasteiger partial charge is 0.241 e. The standard InChI is InChI=1S/C12H16BrN3O3/c13-11-2-1-10(19-11)9-14-15-12(17)3-4-16-5-7-18-8-6-16/h1-2,9H,3-8H2,(H,15,17)/b14-9-. The molecule has 0 bridgehead atoms. The van der Waals surface area contributed by atoms with Crippen LogP contribution in [0.2, 0.25) is 0 Å². The molecule has 6 nitrogen and oxygen atoms in total. The fraction of sp³-hybridized carbons (Fsp3) is 0.500. The number of furan rings is 1. The molecule has 2 heterocycles. The summed E-state index contributed by atoms with van der Waals surface area (Å²) < 4.78 is 11.1. The Morgan fingerprint density at radius 3 is 2.95 bits per heavy atom. The summed E-state index contributed by atoms with van der Waals surface area (Å²) in [6.45, 7) is 3.99. The highest BCUT2D eigenvalue weighted by atomic mass is 79.9. The molecule has 0 atom stereocenters. The maximum absolute atomic E-state index is 11.6. The van der Waals surface area contributed by atoms with E-state index in [1.165, 1.54) is 6.21 Å². The molecule has 0 unspecified atom stereocenters. The van der Waals surface area contributed by atoms with Gasteiger partial charge in [-0.3, -0.25) is 9.69 Å². The number of morpholine rings is 1. The van der Waals surface area contributed by atoms with Gasteiger partial charge in [0.15, 0.2) is 4.67 Å². The molecule has 104 valence electrons. The first-order valence-corrected chi connectivity index (χ1v) is 6.91. The van der Waals surface area contributed by atoms with Crippen LogP contribution in [0.25, 0.3) is 0 Å². The Labute approximate surface area is 119 Å². The van der Waals surface area contributed by atoms with Crippen LogP contribution < -0.4 is 5.43 Å². The molecular weight excluding hydrogens is 314 g/mol. The maximum Gasteiger partial charge on any atom is 0.241 e. The van der Waals surface area contributed by atoms with Crippen LogP contribution >= 0.6 is 15.9 Å². The Morgan fingerprint density at radius 1 is 1.47 bits per heavy atom. The zero-order chi connectivity index (χ0) is 13.5. The molecule has 1 aliphatic heterocycles. The molecule has 2 rings (SSSR count). The van der Waals surface area contributed by atoms with Crippen molar-refractivity contribution in [1.82, 2.24) is 10.3 Å². The number of ether oxygens (including phenoxy) is 1. The Balaban J connectivity index is 1.65. The average molecular weight is 330 g/mol. The lowest BCUT2D eigenvalue weighted by Gasteiger charge is -2.25. The van der Waals surface area contributed by atoms with Crippen molar-refractivity contribution in [1.29, 1.82) is 0 Å². The van der Waals surface area contributed by atoms with Crippen LogP contribution in [0, 0.1) is 0 Å². The van der Waals surface area contributed by atoms with Gasteiger partial charge >= 0.3 is 0 Å². The number of amides is 1. The van der Waals surface area contributed by atoms with Gasteiger partial charge in [0.2, 0.25) is 5.91 Å². The van der Waals surface area contributed by atoms with Gasteiger partial charge in [-0.1, -0.05) is 0 Å². The summed E-state index contributed by atoms with van der Waals surface area (Å²) in [4.78, 5) is 13.8. The van der Waals surface area contributed by atoms with E-state index < -0.39 is 0 Å². The van der Waals surface area contributed by atoms with E-state index in [0.29, 0.717) is 16.9 Å². The van der Waals surface area contributed by atoms with Gasteiger partial charge in [-0.05, 0) is 28.1 Å². The Morgan fingerprint density at radius 2 is 2.26 bits per heavy atom. The normalized spacial score (nSPS) is 16.9. The van der Waals surface area contributed by atoms with Gasteiger partial charge in [-0.25, -0.2) is 5.43 Å². The van der Waals surface area contributed by atoms with Crippen molar-refractivity contribution >= 4 is 28.1 Å². The van der Waals surface area contributed by atoms with Crippen molar-refractivity contribution in [3.05, 3.63) is 22.6 Å². The fourth-order valence-electron chi connectivity index (χ4n) is 1.71. The summed E-state index contributed by atoms with van der Waals surface area (Å²) in [6.07, 6.45) is 1.90. The van der Waals surface area contributed by atoms with Crippen molar-refractivity contribution < 1.29 is 13.9 Å². The number of carbonyl (C=O) groups is 1. The minimum Gasteiger partial charge on any atom is -0.448 e. The average Bonchev–Trinajstić information content (AvgIpc) is 2.83. The zero-order valence-electron chi connectivity index (χ0n) is 10.5. The van der Waals surface area contributed by atoms with Crippen LogP contribution in [0.15, 0.2) is 26.3 Å². The Bertz CT molecular complexity index is 441. The van der Waals surface area contributed by atoms with Gasteiger partial charge in [0.25, 0.3) is 0 Å². The molecule has 19 heavy (non-hydrogen) atoms. The first-order valence-electron chi connectivity index (χ1n) is 6.11. The molecule has 0 aromatic carbocycles. The number of rotatable bonds is 5. The number of hydrazone groups is 1. The quantitative estimate of drug-likeness (QED) is 0.651. The lowest BCUT2D eigenvalue weighted by molar-refractivity contribution is -0.121. The van der Waals surface area contributed by atoms with Crippen LogP contribution in [0.5, 0.6) is 0 Å². The highest BCUT2D eigenvalue weighted by Gasteiger charge is 2.11. The summed E-state index contributed by atoms with van der Waals surface area (Å²) in [5, 5.41) is 3.84. The van der Waals surface area contributed by atoms with Gasteiger partial charge in [0.05, 0.1) is 19.4 Å². The largest absolute Gasteiger partial charge is 0.448 e. The third-order valence-corrected chi connectivity index (χ3v) is 3.16. The highest BCUT2D eigenvalue weighted by Crippen LogP contribution is 2.11. The Kier molecular flexibility index (Phi) is 5.56. The van der Waals surface area contributed by atoms with E-state index in [1.54, 1.807) is 12.1 Å². The number of nitrogens with zero attached hydrogens (tertiary/aromatic N) is 2. The second kappa shape index (κ2) is 7.42. The van der Waals surface area contributed by atoms with E-state index in [9.17, 15) is 4.79 Å². The molecule has 0 saturated carbocycles. The SMILES string of the molecule is O=C(CCN1CCOCC1)N/N=C\c1ccc(Br)o1. The monoisotopic (exact) mass is 329 g/mol. The van der Waals surface area contributed by atoms with Gasteiger partial charge in [0.1, 0.15) is 5.76 Å². The van der Waals surface area contributed by atoms with E-state index in [-0.39, 0.29) is 5.91 Å². The first kappa shape index (κ1) is 14.2. The second-order valence-corrected chi connectivity index (χ2v) is 4.92. The summed E-state index contributed by atoms with van der Waals surface area (Å²) in [7, 11) is 0. The minimum absolute atomic E-state index is 0.103. The van der Waals surface area contributed by atoms with Crippen molar-refractivity contribution in [2.45, 2.75) is 6.42 Å². The van der Waals surface area contributed by atoms with Gasteiger partial charge in [-0.2, -0.15) is 5.10 Å². The van der Waals surface area contributed by atoms with E-state index in [1.807, 2.05) is 0 Å². The molecule has 0 spiro atoms. The third kappa shape index (κ3) is 5.14. The molecule has 1 aromatic rings. The summed E-state index contributed by atoms with van der Waals surface area (Å²) in [6, 6.07) is 3.52. The van der Waals surface area contributed by atoms with Crippen molar-refractivity contribution in [3.63, 3.8) is 0 Å². The van der Waals surface area contributed by atoms with Crippen LogP contribution in [0.1, 0.15) is 12.2 Å². The van der Waals surface area contributed by atoms with Crippen molar-refractivity contribution in [2.75, 3.05) is 32.8 Å². The summed E-state index contributed by atoms with van der Waals surface area (Å²) >= 11 is 3.19. The molecule has 7 heteroatoms. The summed E-state index contributed by atoms with van der Waals surface area (Å²) in [5.41, 5.74) is 2.48. The van der Waals surface area contributed by atoms with Crippen molar-refractivity contribution in [2.24, 2.45) is 5.10 Å². The number of nitrogens with one attached hydrogen (secondary N) is 1. The topological polar surface area (TPSA) is 67.1 Å². The third-order valence-electron chi connectivity index (χ3n) is 2.73. The van der Waals surface area contributed by atoms with E-state index in [4.69, 9.17) is 9.15 Å². The van der Waals surface area contributed by atoms with Crippen LogP contribution in [0.3, 0.4) is 0 Å². The van der Waals surface area contributed by atoms with Crippen LogP contribution in [0.4, 0.5) is 0 Å². The Hall–Kier alpha value is -1.18. The molecular formula is C12H16BrN3O3. The predicted octanol–water partition coefficient (Wildman–Crippen LogP) is 1.21. The number of carbonyl (C=O) groups excluding carboxylic acids is 1. The molecule has 1 N–H and O–H groups in total.